The first-order valence-electron chi connectivity index (χ1n) is 7.14. The maximum Gasteiger partial charge on any atom is 0.271 e. The third-order valence-electron chi connectivity index (χ3n) is 3.02. The van der Waals surface area contributed by atoms with Crippen molar-refractivity contribution in [1.29, 1.82) is 0 Å². The molecule has 1 amide bonds. The van der Waals surface area contributed by atoms with E-state index in [0.717, 1.165) is 9.13 Å². The fourth-order valence-electron chi connectivity index (χ4n) is 1.95. The first-order valence-corrected chi connectivity index (χ1v) is 8.22. The minimum atomic E-state index is -0.417. The maximum absolute atomic E-state index is 12.8. The molecule has 0 aliphatic rings. The zero-order valence-corrected chi connectivity index (χ0v) is 15.3. The third kappa shape index (κ3) is 4.67. The number of carbonyl (C=O) groups is 1. The quantitative estimate of drug-likeness (QED) is 0.423. The largest absolute Gasteiger partial charge is 0.492 e. The predicted molar refractivity (Wildman–Crippen MR) is 98.3 cm³/mol. The molecule has 0 saturated carbocycles. The molecule has 0 fully saturated rings. The van der Waals surface area contributed by atoms with E-state index in [-0.39, 0.29) is 0 Å². The van der Waals surface area contributed by atoms with Crippen LogP contribution in [-0.4, -0.2) is 25.8 Å². The highest BCUT2D eigenvalue weighted by Crippen LogP contribution is 2.33. The van der Waals surface area contributed by atoms with E-state index >= 15 is 0 Å². The smallest absolute Gasteiger partial charge is 0.271 e. The topological polar surface area (TPSA) is 59.9 Å². The van der Waals surface area contributed by atoms with Crippen molar-refractivity contribution >= 4 is 34.7 Å². The Morgan fingerprint density at radius 2 is 2.04 bits per heavy atom. The molecule has 1 N–H and O–H groups in total. The Labute approximate surface area is 153 Å². The van der Waals surface area contributed by atoms with Gasteiger partial charge in [0.2, 0.25) is 0 Å². The molecule has 0 atom stereocenters. The molecule has 0 saturated heterocycles. The van der Waals surface area contributed by atoms with Crippen LogP contribution in [0.4, 0.5) is 4.39 Å². The number of halogens is 2. The van der Waals surface area contributed by atoms with Gasteiger partial charge in [-0.2, -0.15) is 5.10 Å². The summed E-state index contributed by atoms with van der Waals surface area (Å²) in [5, 5.41) is 3.92. The Morgan fingerprint density at radius 3 is 2.67 bits per heavy atom. The molecule has 0 aliphatic heterocycles. The SMILES string of the molecule is CCOc1cc(/C=N\NC(=O)c2ccc(F)cc2)cc(I)c1OC. The molecule has 126 valence electrons. The van der Waals surface area contributed by atoms with Crippen molar-refractivity contribution in [3.8, 4) is 11.5 Å². The van der Waals surface area contributed by atoms with Gasteiger partial charge >= 0.3 is 0 Å². The van der Waals surface area contributed by atoms with Crippen LogP contribution in [0.25, 0.3) is 0 Å². The van der Waals surface area contributed by atoms with E-state index in [1.165, 1.54) is 30.5 Å². The van der Waals surface area contributed by atoms with Crippen LogP contribution in [0, 0.1) is 9.39 Å². The molecule has 5 nitrogen and oxygen atoms in total. The lowest BCUT2D eigenvalue weighted by molar-refractivity contribution is 0.0955. The van der Waals surface area contributed by atoms with Gasteiger partial charge in [-0.25, -0.2) is 9.82 Å². The number of benzene rings is 2. The van der Waals surface area contributed by atoms with Gasteiger partial charge in [-0.3, -0.25) is 4.79 Å². The number of hydrogen-bond donors (Lipinski definition) is 1. The fourth-order valence-corrected chi connectivity index (χ4v) is 2.80. The van der Waals surface area contributed by atoms with Crippen molar-refractivity contribution in [2.45, 2.75) is 6.92 Å². The predicted octanol–water partition coefficient (Wildman–Crippen LogP) is 3.60. The molecular weight excluding hydrogens is 426 g/mol. The summed E-state index contributed by atoms with van der Waals surface area (Å²) < 4.78 is 24.6. The highest BCUT2D eigenvalue weighted by atomic mass is 127. The number of nitrogens with zero attached hydrogens (tertiary/aromatic N) is 1. The second kappa shape index (κ2) is 8.62. The number of nitrogens with one attached hydrogen (secondary N) is 1. The zero-order chi connectivity index (χ0) is 17.5. The number of carbonyl (C=O) groups excluding carboxylic acids is 1. The van der Waals surface area contributed by atoms with Gasteiger partial charge in [0.05, 0.1) is 23.5 Å². The van der Waals surface area contributed by atoms with Gasteiger partial charge in [-0.05, 0) is 71.5 Å². The van der Waals surface area contributed by atoms with E-state index in [9.17, 15) is 9.18 Å². The molecule has 0 bridgehead atoms. The number of rotatable bonds is 6. The molecule has 0 aliphatic carbocycles. The van der Waals surface area contributed by atoms with Crippen LogP contribution < -0.4 is 14.9 Å². The molecular formula is C17H16FIN2O3. The van der Waals surface area contributed by atoms with E-state index in [4.69, 9.17) is 9.47 Å². The van der Waals surface area contributed by atoms with Crippen LogP contribution in [-0.2, 0) is 0 Å². The number of methoxy groups -OCH3 is 1. The van der Waals surface area contributed by atoms with Crippen molar-refractivity contribution in [1.82, 2.24) is 5.43 Å². The lowest BCUT2D eigenvalue weighted by Crippen LogP contribution is -2.17. The normalized spacial score (nSPS) is 10.7. The Kier molecular flexibility index (Phi) is 6.53. The fraction of sp³-hybridized carbons (Fsp3) is 0.176. The number of hydrazone groups is 1. The van der Waals surface area contributed by atoms with Gasteiger partial charge in [-0.1, -0.05) is 0 Å². The van der Waals surface area contributed by atoms with Gasteiger partial charge in [0.15, 0.2) is 11.5 Å². The molecule has 24 heavy (non-hydrogen) atoms. The molecule has 7 heteroatoms. The lowest BCUT2D eigenvalue weighted by Gasteiger charge is -2.11. The van der Waals surface area contributed by atoms with Crippen LogP contribution in [0.3, 0.4) is 0 Å². The minimum Gasteiger partial charge on any atom is -0.492 e. The summed E-state index contributed by atoms with van der Waals surface area (Å²) in [6.07, 6.45) is 1.51. The first-order chi connectivity index (χ1) is 11.5. The lowest BCUT2D eigenvalue weighted by atomic mass is 10.2. The van der Waals surface area contributed by atoms with Crippen molar-refractivity contribution in [2.75, 3.05) is 13.7 Å². The van der Waals surface area contributed by atoms with Crippen molar-refractivity contribution in [3.63, 3.8) is 0 Å². The number of ether oxygens (including phenoxy) is 2. The summed E-state index contributed by atoms with van der Waals surface area (Å²) in [5.41, 5.74) is 3.48. The van der Waals surface area contributed by atoms with Crippen molar-refractivity contribution in [2.24, 2.45) is 5.10 Å². The van der Waals surface area contributed by atoms with Crippen LogP contribution in [0.1, 0.15) is 22.8 Å². The molecule has 0 aromatic heterocycles. The highest BCUT2D eigenvalue weighted by Gasteiger charge is 2.10. The maximum atomic E-state index is 12.8. The van der Waals surface area contributed by atoms with E-state index in [1.54, 1.807) is 13.2 Å². The van der Waals surface area contributed by atoms with Crippen LogP contribution >= 0.6 is 22.6 Å². The first kappa shape index (κ1) is 18.2. The van der Waals surface area contributed by atoms with Crippen molar-refractivity contribution < 1.29 is 18.7 Å². The standard InChI is InChI=1S/C17H16FIN2O3/c1-3-24-15-9-11(8-14(19)16(15)23-2)10-20-21-17(22)12-4-6-13(18)7-5-12/h4-10H,3H2,1-2H3,(H,21,22)/b20-10-. The number of amides is 1. The second-order valence-electron chi connectivity index (χ2n) is 4.67. The van der Waals surface area contributed by atoms with E-state index in [2.05, 4.69) is 33.1 Å². The number of hydrogen-bond acceptors (Lipinski definition) is 4. The van der Waals surface area contributed by atoms with E-state index < -0.39 is 11.7 Å². The molecule has 0 unspecified atom stereocenters. The molecule has 0 heterocycles. The summed E-state index contributed by atoms with van der Waals surface area (Å²) in [5.74, 6) is 0.453. The van der Waals surface area contributed by atoms with E-state index in [1.807, 2.05) is 13.0 Å². The summed E-state index contributed by atoms with van der Waals surface area (Å²) in [6, 6.07) is 8.86. The van der Waals surface area contributed by atoms with Crippen LogP contribution in [0.15, 0.2) is 41.5 Å². The van der Waals surface area contributed by atoms with Gasteiger partial charge in [0, 0.05) is 5.56 Å². The summed E-state index contributed by atoms with van der Waals surface area (Å²) >= 11 is 2.14. The highest BCUT2D eigenvalue weighted by molar-refractivity contribution is 14.1. The zero-order valence-electron chi connectivity index (χ0n) is 13.2. The van der Waals surface area contributed by atoms with Crippen molar-refractivity contribution in [3.05, 3.63) is 56.9 Å². The third-order valence-corrected chi connectivity index (χ3v) is 3.82. The summed E-state index contributed by atoms with van der Waals surface area (Å²) in [4.78, 5) is 11.9. The molecule has 2 aromatic carbocycles. The Balaban J connectivity index is 2.11. The van der Waals surface area contributed by atoms with Gasteiger partial charge < -0.3 is 9.47 Å². The van der Waals surface area contributed by atoms with E-state index in [0.29, 0.717) is 23.7 Å². The Bertz CT molecular complexity index is 748. The second-order valence-corrected chi connectivity index (χ2v) is 5.84. The molecule has 2 rings (SSSR count). The molecule has 0 radical (unpaired) electrons. The van der Waals surface area contributed by atoms with Gasteiger partial charge in [-0.15, -0.1) is 0 Å². The van der Waals surface area contributed by atoms with Crippen LogP contribution in [0.2, 0.25) is 0 Å². The van der Waals surface area contributed by atoms with Gasteiger partial charge in [0.1, 0.15) is 5.82 Å². The average molecular weight is 442 g/mol. The Hall–Kier alpha value is -2.16. The minimum absolute atomic E-state index is 0.327. The van der Waals surface area contributed by atoms with Gasteiger partial charge in [0.25, 0.3) is 5.91 Å². The summed E-state index contributed by atoms with van der Waals surface area (Å²) in [7, 11) is 1.58. The monoisotopic (exact) mass is 442 g/mol. The average Bonchev–Trinajstić information content (AvgIpc) is 2.55. The Morgan fingerprint density at radius 1 is 1.33 bits per heavy atom. The molecule has 0 spiro atoms. The van der Waals surface area contributed by atoms with Crippen LogP contribution in [0.5, 0.6) is 11.5 Å². The molecule has 2 aromatic rings. The summed E-state index contributed by atoms with van der Waals surface area (Å²) in [6.45, 7) is 2.39.